The van der Waals surface area contributed by atoms with Crippen LogP contribution in [0.15, 0.2) is 53.4 Å². The SMILES string of the molecule is COC(CNC(=O)c1cccc(NS(=O)(=O)c2ccc(C)cc2)c1)OC. The predicted molar refractivity (Wildman–Crippen MR) is 98.6 cm³/mol. The van der Waals surface area contributed by atoms with Gasteiger partial charge in [-0.1, -0.05) is 23.8 Å². The van der Waals surface area contributed by atoms with E-state index in [4.69, 9.17) is 9.47 Å². The summed E-state index contributed by atoms with van der Waals surface area (Å²) in [5.74, 6) is -0.361. The quantitative estimate of drug-likeness (QED) is 0.687. The molecule has 0 aliphatic carbocycles. The minimum absolute atomic E-state index is 0.154. The van der Waals surface area contributed by atoms with E-state index in [0.717, 1.165) is 5.56 Å². The van der Waals surface area contributed by atoms with Crippen LogP contribution in [0.25, 0.3) is 0 Å². The minimum Gasteiger partial charge on any atom is -0.354 e. The molecule has 0 atom stereocenters. The fraction of sp³-hybridized carbons (Fsp3) is 0.278. The lowest BCUT2D eigenvalue weighted by atomic mass is 10.2. The van der Waals surface area contributed by atoms with Crippen LogP contribution in [-0.2, 0) is 19.5 Å². The van der Waals surface area contributed by atoms with Crippen LogP contribution in [-0.4, -0.2) is 41.4 Å². The van der Waals surface area contributed by atoms with Crippen molar-refractivity contribution in [3.63, 3.8) is 0 Å². The fourth-order valence-corrected chi connectivity index (χ4v) is 3.25. The number of nitrogens with one attached hydrogen (secondary N) is 2. The number of sulfonamides is 1. The van der Waals surface area contributed by atoms with Crippen LogP contribution in [0.1, 0.15) is 15.9 Å². The highest BCUT2D eigenvalue weighted by Gasteiger charge is 2.15. The zero-order chi connectivity index (χ0) is 19.2. The summed E-state index contributed by atoms with van der Waals surface area (Å²) in [6.07, 6.45) is -0.554. The van der Waals surface area contributed by atoms with Gasteiger partial charge in [0.2, 0.25) is 0 Å². The molecule has 0 saturated heterocycles. The molecule has 0 unspecified atom stereocenters. The molecule has 2 aromatic carbocycles. The molecule has 0 bridgehead atoms. The van der Waals surface area contributed by atoms with Gasteiger partial charge in [-0.05, 0) is 37.3 Å². The lowest BCUT2D eigenvalue weighted by molar-refractivity contribution is -0.0974. The van der Waals surface area contributed by atoms with Gasteiger partial charge in [0.15, 0.2) is 6.29 Å². The molecule has 2 aromatic rings. The van der Waals surface area contributed by atoms with Crippen LogP contribution in [0.2, 0.25) is 0 Å². The maximum absolute atomic E-state index is 12.4. The molecule has 2 N–H and O–H groups in total. The van der Waals surface area contributed by atoms with E-state index in [2.05, 4.69) is 10.0 Å². The molecule has 26 heavy (non-hydrogen) atoms. The lowest BCUT2D eigenvalue weighted by Crippen LogP contribution is -2.34. The number of hydrogen-bond acceptors (Lipinski definition) is 5. The first-order valence-electron chi connectivity index (χ1n) is 7.89. The Hall–Kier alpha value is -2.42. The summed E-state index contributed by atoms with van der Waals surface area (Å²) in [6.45, 7) is 2.05. The number of benzene rings is 2. The molecule has 7 nitrogen and oxygen atoms in total. The van der Waals surface area contributed by atoms with E-state index in [0.29, 0.717) is 11.3 Å². The second-order valence-electron chi connectivity index (χ2n) is 5.61. The van der Waals surface area contributed by atoms with Crippen molar-refractivity contribution < 1.29 is 22.7 Å². The molecular weight excluding hydrogens is 356 g/mol. The standard InChI is InChI=1S/C18H22N2O5S/c1-13-7-9-16(10-8-13)26(22,23)20-15-6-4-5-14(11-15)18(21)19-12-17(24-2)25-3/h4-11,17,20H,12H2,1-3H3,(H,19,21). The topological polar surface area (TPSA) is 93.7 Å². The fourth-order valence-electron chi connectivity index (χ4n) is 2.20. The number of carbonyl (C=O) groups excluding carboxylic acids is 1. The summed E-state index contributed by atoms with van der Waals surface area (Å²) in [5, 5.41) is 2.66. The van der Waals surface area contributed by atoms with Crippen LogP contribution in [0.3, 0.4) is 0 Å². The second kappa shape index (κ2) is 8.79. The molecule has 1 amide bonds. The van der Waals surface area contributed by atoms with Gasteiger partial charge in [0, 0.05) is 25.5 Å². The van der Waals surface area contributed by atoms with Gasteiger partial charge in [0.05, 0.1) is 11.4 Å². The van der Waals surface area contributed by atoms with E-state index in [1.165, 1.54) is 32.4 Å². The van der Waals surface area contributed by atoms with E-state index in [9.17, 15) is 13.2 Å². The van der Waals surface area contributed by atoms with Crippen LogP contribution in [0, 0.1) is 6.92 Å². The van der Waals surface area contributed by atoms with Crippen molar-refractivity contribution in [2.45, 2.75) is 18.1 Å². The van der Waals surface area contributed by atoms with Crippen molar-refractivity contribution in [2.24, 2.45) is 0 Å². The maximum Gasteiger partial charge on any atom is 0.261 e. The van der Waals surface area contributed by atoms with Gasteiger partial charge < -0.3 is 14.8 Å². The maximum atomic E-state index is 12.4. The van der Waals surface area contributed by atoms with Crippen molar-refractivity contribution in [3.8, 4) is 0 Å². The molecule has 0 radical (unpaired) electrons. The van der Waals surface area contributed by atoms with Crippen LogP contribution in [0.5, 0.6) is 0 Å². The van der Waals surface area contributed by atoms with E-state index >= 15 is 0 Å². The summed E-state index contributed by atoms with van der Waals surface area (Å²) in [5.41, 5.74) is 1.58. The molecule has 0 aliphatic heterocycles. The number of aryl methyl sites for hydroxylation is 1. The van der Waals surface area contributed by atoms with E-state index in [1.807, 2.05) is 6.92 Å². The molecule has 0 saturated carbocycles. The van der Waals surface area contributed by atoms with Crippen LogP contribution in [0.4, 0.5) is 5.69 Å². The molecule has 0 spiro atoms. The third-order valence-corrected chi connectivity index (χ3v) is 5.06. The number of ether oxygens (including phenoxy) is 2. The first-order chi connectivity index (χ1) is 12.4. The Morgan fingerprint density at radius 2 is 1.73 bits per heavy atom. The third-order valence-electron chi connectivity index (χ3n) is 3.66. The van der Waals surface area contributed by atoms with Crippen molar-refractivity contribution >= 4 is 21.6 Å². The Morgan fingerprint density at radius 3 is 2.35 bits per heavy atom. The Kier molecular flexibility index (Phi) is 6.73. The summed E-state index contributed by atoms with van der Waals surface area (Å²) < 4.78 is 37.4. The second-order valence-corrected chi connectivity index (χ2v) is 7.29. The van der Waals surface area contributed by atoms with Gasteiger partial charge >= 0.3 is 0 Å². The minimum atomic E-state index is -3.73. The zero-order valence-corrected chi connectivity index (χ0v) is 15.7. The molecule has 0 fully saturated rings. The molecular formula is C18H22N2O5S. The largest absolute Gasteiger partial charge is 0.354 e. The monoisotopic (exact) mass is 378 g/mol. The number of rotatable bonds is 8. The summed E-state index contributed by atoms with van der Waals surface area (Å²) >= 11 is 0. The van der Waals surface area contributed by atoms with E-state index < -0.39 is 16.3 Å². The molecule has 8 heteroatoms. The van der Waals surface area contributed by atoms with Crippen LogP contribution < -0.4 is 10.0 Å². The van der Waals surface area contributed by atoms with E-state index in [-0.39, 0.29) is 17.3 Å². The Labute approximate surface area is 153 Å². The van der Waals surface area contributed by atoms with Gasteiger partial charge in [0.1, 0.15) is 0 Å². The first-order valence-corrected chi connectivity index (χ1v) is 9.37. The Balaban J connectivity index is 2.11. The smallest absolute Gasteiger partial charge is 0.261 e. The van der Waals surface area contributed by atoms with Gasteiger partial charge in [-0.25, -0.2) is 8.42 Å². The molecule has 140 valence electrons. The van der Waals surface area contributed by atoms with Gasteiger partial charge in [-0.2, -0.15) is 0 Å². The average Bonchev–Trinajstić information content (AvgIpc) is 2.62. The highest BCUT2D eigenvalue weighted by molar-refractivity contribution is 7.92. The number of methoxy groups -OCH3 is 2. The van der Waals surface area contributed by atoms with Gasteiger partial charge in [-0.3, -0.25) is 9.52 Å². The summed E-state index contributed by atoms with van der Waals surface area (Å²) in [7, 11) is -0.782. The Morgan fingerprint density at radius 1 is 1.08 bits per heavy atom. The molecule has 0 heterocycles. The van der Waals surface area contributed by atoms with E-state index in [1.54, 1.807) is 30.3 Å². The van der Waals surface area contributed by atoms with Crippen molar-refractivity contribution in [1.82, 2.24) is 5.32 Å². The van der Waals surface area contributed by atoms with Crippen molar-refractivity contribution in [2.75, 3.05) is 25.5 Å². The third kappa shape index (κ3) is 5.29. The molecule has 2 rings (SSSR count). The first kappa shape index (κ1) is 19.9. The van der Waals surface area contributed by atoms with Crippen molar-refractivity contribution in [1.29, 1.82) is 0 Å². The highest BCUT2D eigenvalue weighted by atomic mass is 32.2. The van der Waals surface area contributed by atoms with Crippen molar-refractivity contribution in [3.05, 3.63) is 59.7 Å². The molecule has 0 aromatic heterocycles. The number of anilines is 1. The highest BCUT2D eigenvalue weighted by Crippen LogP contribution is 2.17. The molecule has 0 aliphatic rings. The normalized spacial score (nSPS) is 11.4. The number of hydrogen-bond donors (Lipinski definition) is 2. The average molecular weight is 378 g/mol. The Bertz CT molecular complexity index is 846. The van der Waals surface area contributed by atoms with Crippen LogP contribution >= 0.6 is 0 Å². The van der Waals surface area contributed by atoms with Gasteiger partial charge in [-0.15, -0.1) is 0 Å². The summed E-state index contributed by atoms with van der Waals surface area (Å²) in [4.78, 5) is 12.4. The number of amides is 1. The predicted octanol–water partition coefficient (Wildman–Crippen LogP) is 2.14. The van der Waals surface area contributed by atoms with Gasteiger partial charge in [0.25, 0.3) is 15.9 Å². The lowest BCUT2D eigenvalue weighted by Gasteiger charge is -2.14. The summed E-state index contributed by atoms with van der Waals surface area (Å²) in [6, 6.07) is 12.7. The number of carbonyl (C=O) groups is 1. The zero-order valence-electron chi connectivity index (χ0n) is 14.9.